The molecule has 0 saturated carbocycles. The minimum atomic E-state index is -0.142. The highest BCUT2D eigenvalue weighted by Gasteiger charge is 2.13. The highest BCUT2D eigenvalue weighted by Crippen LogP contribution is 2.06. The number of carbonyl (C=O) groups is 1. The van der Waals surface area contributed by atoms with E-state index in [9.17, 15) is 4.79 Å². The van der Waals surface area contributed by atoms with Crippen LogP contribution in [0.1, 0.15) is 35.7 Å². The average Bonchev–Trinajstić information content (AvgIpc) is 2.37. The first-order valence-corrected chi connectivity index (χ1v) is 5.90. The van der Waals surface area contributed by atoms with Crippen LogP contribution >= 0.6 is 0 Å². The van der Waals surface area contributed by atoms with Crippen molar-refractivity contribution in [3.63, 3.8) is 0 Å². The normalized spacial score (nSPS) is 13.1. The Labute approximate surface area is 107 Å². The molecule has 0 aliphatic carbocycles. The minimum absolute atomic E-state index is 0.117. The summed E-state index contributed by atoms with van der Waals surface area (Å²) in [5.41, 5.74) is 7.09. The summed E-state index contributed by atoms with van der Waals surface area (Å²) in [5, 5.41) is 14.3. The Kier molecular flexibility index (Phi) is 5.17. The molecular formula is C13H19N3O2. The number of oxime groups is 1. The molecule has 1 amide bonds. The lowest BCUT2D eigenvalue weighted by molar-refractivity contribution is 0.0937. The van der Waals surface area contributed by atoms with E-state index in [2.05, 4.69) is 10.5 Å². The maximum atomic E-state index is 12.0. The average molecular weight is 249 g/mol. The third-order valence-corrected chi connectivity index (χ3v) is 2.69. The molecule has 5 nitrogen and oxygen atoms in total. The van der Waals surface area contributed by atoms with Crippen molar-refractivity contribution < 1.29 is 10.0 Å². The quantitative estimate of drug-likeness (QED) is 0.321. The molecule has 4 N–H and O–H groups in total. The summed E-state index contributed by atoms with van der Waals surface area (Å²) in [6.45, 7) is 3.87. The summed E-state index contributed by atoms with van der Waals surface area (Å²) in [6.07, 6.45) is 1.05. The van der Waals surface area contributed by atoms with Crippen molar-refractivity contribution in [2.45, 2.75) is 32.7 Å². The Morgan fingerprint density at radius 2 is 2.28 bits per heavy atom. The molecule has 0 radical (unpaired) electrons. The summed E-state index contributed by atoms with van der Waals surface area (Å²) >= 11 is 0. The second-order valence-corrected chi connectivity index (χ2v) is 4.24. The number of carbonyl (C=O) groups excluding carboxylic acids is 1. The van der Waals surface area contributed by atoms with Crippen LogP contribution in [0.2, 0.25) is 0 Å². The van der Waals surface area contributed by atoms with Crippen molar-refractivity contribution >= 4 is 11.7 Å². The van der Waals surface area contributed by atoms with Crippen molar-refractivity contribution in [1.29, 1.82) is 0 Å². The highest BCUT2D eigenvalue weighted by atomic mass is 16.4. The Morgan fingerprint density at radius 3 is 2.83 bits per heavy atom. The van der Waals surface area contributed by atoms with Gasteiger partial charge in [0.1, 0.15) is 5.84 Å². The monoisotopic (exact) mass is 249 g/mol. The third-order valence-electron chi connectivity index (χ3n) is 2.69. The molecule has 0 bridgehead atoms. The van der Waals surface area contributed by atoms with E-state index >= 15 is 0 Å². The maximum absolute atomic E-state index is 12.0. The molecule has 0 spiro atoms. The van der Waals surface area contributed by atoms with Crippen LogP contribution < -0.4 is 11.1 Å². The van der Waals surface area contributed by atoms with Gasteiger partial charge in [0.15, 0.2) is 0 Å². The lowest BCUT2D eigenvalue weighted by Gasteiger charge is -2.16. The van der Waals surface area contributed by atoms with Crippen LogP contribution in [-0.4, -0.2) is 23.0 Å². The van der Waals surface area contributed by atoms with E-state index in [0.29, 0.717) is 18.4 Å². The molecule has 98 valence electrons. The Bertz CT molecular complexity index is 444. The molecule has 0 heterocycles. The van der Waals surface area contributed by atoms with Crippen LogP contribution in [0.3, 0.4) is 0 Å². The van der Waals surface area contributed by atoms with Gasteiger partial charge in [-0.15, -0.1) is 0 Å². The first-order valence-electron chi connectivity index (χ1n) is 5.90. The summed E-state index contributed by atoms with van der Waals surface area (Å²) in [5.74, 6) is -0.0253. The van der Waals surface area contributed by atoms with Crippen LogP contribution in [0.15, 0.2) is 29.4 Å². The van der Waals surface area contributed by atoms with Gasteiger partial charge in [-0.2, -0.15) is 0 Å². The van der Waals surface area contributed by atoms with E-state index in [4.69, 9.17) is 10.9 Å². The fourth-order valence-corrected chi connectivity index (χ4v) is 1.65. The molecular weight excluding hydrogens is 230 g/mol. The van der Waals surface area contributed by atoms with Gasteiger partial charge in [0.25, 0.3) is 5.91 Å². The fraction of sp³-hybridized carbons (Fsp3) is 0.385. The molecule has 1 aromatic rings. The number of hydrogen-bond acceptors (Lipinski definition) is 3. The number of amides is 1. The van der Waals surface area contributed by atoms with Gasteiger partial charge in [-0.05, 0) is 25.5 Å². The van der Waals surface area contributed by atoms with E-state index in [-0.39, 0.29) is 17.8 Å². The molecule has 1 rings (SSSR count). The van der Waals surface area contributed by atoms with Crippen LogP contribution in [0, 0.1) is 6.92 Å². The van der Waals surface area contributed by atoms with Gasteiger partial charge in [0, 0.05) is 18.0 Å². The van der Waals surface area contributed by atoms with Crippen molar-refractivity contribution in [3.05, 3.63) is 35.4 Å². The molecule has 1 unspecified atom stereocenters. The predicted molar refractivity (Wildman–Crippen MR) is 70.8 cm³/mol. The van der Waals surface area contributed by atoms with E-state index < -0.39 is 0 Å². The zero-order chi connectivity index (χ0) is 13.5. The molecule has 0 aromatic heterocycles. The van der Waals surface area contributed by atoms with Gasteiger partial charge in [-0.3, -0.25) is 4.79 Å². The van der Waals surface area contributed by atoms with Gasteiger partial charge >= 0.3 is 0 Å². The van der Waals surface area contributed by atoms with Gasteiger partial charge in [-0.1, -0.05) is 29.8 Å². The van der Waals surface area contributed by atoms with Crippen molar-refractivity contribution in [1.82, 2.24) is 5.32 Å². The Hall–Kier alpha value is -2.04. The van der Waals surface area contributed by atoms with Gasteiger partial charge < -0.3 is 16.3 Å². The number of aryl methyl sites for hydroxylation is 1. The molecule has 0 fully saturated rings. The third kappa shape index (κ3) is 4.08. The highest BCUT2D eigenvalue weighted by molar-refractivity contribution is 5.95. The van der Waals surface area contributed by atoms with Crippen molar-refractivity contribution in [3.8, 4) is 0 Å². The molecule has 0 saturated heterocycles. The van der Waals surface area contributed by atoms with Crippen LogP contribution in [-0.2, 0) is 0 Å². The molecule has 18 heavy (non-hydrogen) atoms. The summed E-state index contributed by atoms with van der Waals surface area (Å²) < 4.78 is 0. The summed E-state index contributed by atoms with van der Waals surface area (Å²) in [6, 6.07) is 7.23. The van der Waals surface area contributed by atoms with Crippen LogP contribution in [0.5, 0.6) is 0 Å². The Balaban J connectivity index is 2.68. The zero-order valence-electron chi connectivity index (χ0n) is 10.7. The number of amidine groups is 1. The lowest BCUT2D eigenvalue weighted by Crippen LogP contribution is -2.37. The molecule has 1 atom stereocenters. The topological polar surface area (TPSA) is 87.7 Å². The lowest BCUT2D eigenvalue weighted by atomic mass is 10.1. The smallest absolute Gasteiger partial charge is 0.251 e. The molecule has 1 aromatic carbocycles. The number of nitrogens with one attached hydrogen (secondary N) is 1. The van der Waals surface area contributed by atoms with Gasteiger partial charge in [-0.25, -0.2) is 0 Å². The fourth-order valence-electron chi connectivity index (χ4n) is 1.65. The molecule has 0 aliphatic heterocycles. The second kappa shape index (κ2) is 6.64. The number of benzene rings is 1. The number of rotatable bonds is 5. The minimum Gasteiger partial charge on any atom is -0.409 e. The van der Waals surface area contributed by atoms with Crippen LogP contribution in [0.4, 0.5) is 0 Å². The SMILES string of the molecule is CCC(CC(N)=NO)NC(=O)c1cccc(C)c1. The van der Waals surface area contributed by atoms with Crippen LogP contribution in [0.25, 0.3) is 0 Å². The van der Waals surface area contributed by atoms with Gasteiger partial charge in [0.2, 0.25) is 0 Å². The second-order valence-electron chi connectivity index (χ2n) is 4.24. The van der Waals surface area contributed by atoms with E-state index in [0.717, 1.165) is 5.56 Å². The van der Waals surface area contributed by atoms with E-state index in [1.807, 2.05) is 32.0 Å². The number of hydrogen-bond donors (Lipinski definition) is 3. The van der Waals surface area contributed by atoms with E-state index in [1.54, 1.807) is 6.07 Å². The maximum Gasteiger partial charge on any atom is 0.251 e. The number of nitrogens with two attached hydrogens (primary N) is 1. The zero-order valence-corrected chi connectivity index (χ0v) is 10.7. The predicted octanol–water partition coefficient (Wildman–Crippen LogP) is 1.64. The Morgan fingerprint density at radius 1 is 1.56 bits per heavy atom. The summed E-state index contributed by atoms with van der Waals surface area (Å²) in [4.78, 5) is 12.0. The first-order chi connectivity index (χ1) is 8.56. The van der Waals surface area contributed by atoms with Crippen molar-refractivity contribution in [2.75, 3.05) is 0 Å². The van der Waals surface area contributed by atoms with Crippen molar-refractivity contribution in [2.24, 2.45) is 10.9 Å². The molecule has 0 aliphatic rings. The standard InChI is InChI=1S/C13H19N3O2/c1-3-11(8-12(14)16-18)15-13(17)10-6-4-5-9(2)7-10/h4-7,11,18H,3,8H2,1-2H3,(H2,14,16)(H,15,17). The molecule has 5 heteroatoms. The summed E-state index contributed by atoms with van der Waals surface area (Å²) in [7, 11) is 0. The number of nitrogens with zero attached hydrogens (tertiary/aromatic N) is 1. The van der Waals surface area contributed by atoms with Gasteiger partial charge in [0.05, 0.1) is 0 Å². The van der Waals surface area contributed by atoms with E-state index in [1.165, 1.54) is 0 Å². The largest absolute Gasteiger partial charge is 0.409 e. The first kappa shape index (κ1) is 14.0.